The summed E-state index contributed by atoms with van der Waals surface area (Å²) in [7, 11) is 0. The van der Waals surface area contributed by atoms with Crippen LogP contribution in [-0.4, -0.2) is 43.9 Å². The molecule has 1 amide bonds. The number of nitrogens with one attached hydrogen (secondary N) is 1. The number of hydrogen-bond acceptors (Lipinski definition) is 4. The van der Waals surface area contributed by atoms with Gasteiger partial charge in [-0.3, -0.25) is 9.59 Å². The van der Waals surface area contributed by atoms with Gasteiger partial charge in [-0.15, -0.1) is 6.58 Å². The van der Waals surface area contributed by atoms with Crippen molar-refractivity contribution in [2.24, 2.45) is 0 Å². The standard InChI is InChI=1S/C20H21N5O2/c1-3-12-24(13-11-16-7-5-4-6-8-16)20(27)17-14-21-25(15(17)2)18-9-10-19(26)23-22-18/h3-10,14H,1,11-13H2,2H3,(H,23,26). The van der Waals surface area contributed by atoms with Gasteiger partial charge >= 0.3 is 0 Å². The lowest BCUT2D eigenvalue weighted by Crippen LogP contribution is -2.33. The minimum absolute atomic E-state index is 0.112. The van der Waals surface area contributed by atoms with Crippen LogP contribution >= 0.6 is 0 Å². The highest BCUT2D eigenvalue weighted by Crippen LogP contribution is 2.14. The lowest BCUT2D eigenvalue weighted by molar-refractivity contribution is 0.0775. The SMILES string of the molecule is C=CCN(CCc1ccccc1)C(=O)c1cnn(-c2ccc(=O)[nH]n2)c1C. The molecule has 3 aromatic rings. The van der Waals surface area contributed by atoms with Crippen molar-refractivity contribution in [3.63, 3.8) is 0 Å². The highest BCUT2D eigenvalue weighted by molar-refractivity contribution is 5.95. The minimum Gasteiger partial charge on any atom is -0.334 e. The maximum Gasteiger partial charge on any atom is 0.264 e. The number of aromatic nitrogens is 4. The van der Waals surface area contributed by atoms with Crippen LogP contribution < -0.4 is 5.56 Å². The molecular weight excluding hydrogens is 342 g/mol. The highest BCUT2D eigenvalue weighted by Gasteiger charge is 2.21. The van der Waals surface area contributed by atoms with Crippen LogP contribution in [0.5, 0.6) is 0 Å². The van der Waals surface area contributed by atoms with Gasteiger partial charge in [-0.05, 0) is 25.0 Å². The van der Waals surface area contributed by atoms with Gasteiger partial charge in [0.25, 0.3) is 11.5 Å². The average molecular weight is 363 g/mol. The van der Waals surface area contributed by atoms with Gasteiger partial charge in [-0.25, -0.2) is 9.78 Å². The molecule has 27 heavy (non-hydrogen) atoms. The maximum absolute atomic E-state index is 13.0. The maximum atomic E-state index is 13.0. The fourth-order valence-electron chi connectivity index (χ4n) is 2.82. The number of benzene rings is 1. The van der Waals surface area contributed by atoms with E-state index in [9.17, 15) is 9.59 Å². The van der Waals surface area contributed by atoms with Gasteiger partial charge in [0, 0.05) is 19.2 Å². The summed E-state index contributed by atoms with van der Waals surface area (Å²) in [5.74, 6) is 0.338. The van der Waals surface area contributed by atoms with Crippen LogP contribution in [0.25, 0.3) is 5.82 Å². The van der Waals surface area contributed by atoms with Crippen LogP contribution in [0.2, 0.25) is 0 Å². The topological polar surface area (TPSA) is 83.9 Å². The first kappa shape index (κ1) is 18.3. The molecule has 0 unspecified atom stereocenters. The molecule has 2 aromatic heterocycles. The summed E-state index contributed by atoms with van der Waals surface area (Å²) in [6, 6.07) is 13.0. The Morgan fingerprint density at radius 1 is 1.26 bits per heavy atom. The Bertz CT molecular complexity index is 971. The van der Waals surface area contributed by atoms with E-state index in [4.69, 9.17) is 0 Å². The zero-order chi connectivity index (χ0) is 19.2. The van der Waals surface area contributed by atoms with Crippen molar-refractivity contribution >= 4 is 5.91 Å². The lowest BCUT2D eigenvalue weighted by atomic mass is 10.1. The van der Waals surface area contributed by atoms with E-state index in [0.717, 1.165) is 6.42 Å². The summed E-state index contributed by atoms with van der Waals surface area (Å²) < 4.78 is 1.53. The summed E-state index contributed by atoms with van der Waals surface area (Å²) in [6.45, 7) is 6.59. The summed E-state index contributed by atoms with van der Waals surface area (Å²) in [6.07, 6.45) is 4.00. The summed E-state index contributed by atoms with van der Waals surface area (Å²) in [5, 5.41) is 10.6. The first-order chi connectivity index (χ1) is 13.1. The second-order valence-electron chi connectivity index (χ2n) is 6.11. The third-order valence-corrected chi connectivity index (χ3v) is 4.27. The van der Waals surface area contributed by atoms with Gasteiger partial charge in [-0.1, -0.05) is 36.4 Å². The third kappa shape index (κ3) is 4.20. The van der Waals surface area contributed by atoms with E-state index in [1.807, 2.05) is 30.3 Å². The molecule has 0 saturated carbocycles. The first-order valence-corrected chi connectivity index (χ1v) is 8.65. The molecule has 1 N–H and O–H groups in total. The predicted octanol–water partition coefficient (Wildman–Crippen LogP) is 2.13. The average Bonchev–Trinajstić information content (AvgIpc) is 3.07. The van der Waals surface area contributed by atoms with Crippen molar-refractivity contribution in [1.82, 2.24) is 24.9 Å². The molecule has 0 spiro atoms. The molecule has 138 valence electrons. The van der Waals surface area contributed by atoms with Gasteiger partial charge < -0.3 is 4.90 Å². The Kier molecular flexibility index (Phi) is 5.61. The van der Waals surface area contributed by atoms with Crippen molar-refractivity contribution in [1.29, 1.82) is 0 Å². The van der Waals surface area contributed by atoms with Crippen molar-refractivity contribution < 1.29 is 4.79 Å². The highest BCUT2D eigenvalue weighted by atomic mass is 16.2. The lowest BCUT2D eigenvalue weighted by Gasteiger charge is -2.21. The Hall–Kier alpha value is -3.48. The first-order valence-electron chi connectivity index (χ1n) is 8.65. The van der Waals surface area contributed by atoms with Crippen molar-refractivity contribution in [2.45, 2.75) is 13.3 Å². The van der Waals surface area contributed by atoms with E-state index in [-0.39, 0.29) is 11.5 Å². The molecule has 0 aliphatic carbocycles. The number of carbonyl (C=O) groups is 1. The monoisotopic (exact) mass is 363 g/mol. The zero-order valence-electron chi connectivity index (χ0n) is 15.1. The molecule has 2 heterocycles. The third-order valence-electron chi connectivity index (χ3n) is 4.27. The van der Waals surface area contributed by atoms with Gasteiger partial charge in [0.15, 0.2) is 5.82 Å². The molecule has 0 aliphatic heterocycles. The van der Waals surface area contributed by atoms with Gasteiger partial charge in [0.1, 0.15) is 0 Å². The molecule has 1 aromatic carbocycles. The Morgan fingerprint density at radius 2 is 2.04 bits per heavy atom. The minimum atomic E-state index is -0.294. The Morgan fingerprint density at radius 3 is 2.70 bits per heavy atom. The smallest absolute Gasteiger partial charge is 0.264 e. The summed E-state index contributed by atoms with van der Waals surface area (Å²) in [5.41, 5.74) is 2.04. The second-order valence-corrected chi connectivity index (χ2v) is 6.11. The molecule has 0 bridgehead atoms. The number of aromatic amines is 1. The number of H-pyrrole nitrogens is 1. The Labute approximate surface area is 157 Å². The van der Waals surface area contributed by atoms with E-state index in [1.165, 1.54) is 22.5 Å². The molecule has 7 nitrogen and oxygen atoms in total. The quantitative estimate of drug-likeness (QED) is 0.652. The zero-order valence-corrected chi connectivity index (χ0v) is 15.1. The van der Waals surface area contributed by atoms with E-state index in [2.05, 4.69) is 21.9 Å². The van der Waals surface area contributed by atoms with Crippen LogP contribution in [0.15, 0.2) is 66.1 Å². The van der Waals surface area contributed by atoms with Gasteiger partial charge in [0.05, 0.1) is 17.5 Å². The Balaban J connectivity index is 1.80. The molecule has 0 saturated heterocycles. The number of hydrogen-bond donors (Lipinski definition) is 1. The van der Waals surface area contributed by atoms with E-state index < -0.39 is 0 Å². The number of amides is 1. The largest absolute Gasteiger partial charge is 0.334 e. The molecule has 3 rings (SSSR count). The van der Waals surface area contributed by atoms with Gasteiger partial charge in [-0.2, -0.15) is 10.2 Å². The van der Waals surface area contributed by atoms with Gasteiger partial charge in [0.2, 0.25) is 0 Å². The van der Waals surface area contributed by atoms with E-state index in [1.54, 1.807) is 24.0 Å². The predicted molar refractivity (Wildman–Crippen MR) is 103 cm³/mol. The van der Waals surface area contributed by atoms with Crippen LogP contribution in [0.3, 0.4) is 0 Å². The normalized spacial score (nSPS) is 10.6. The number of carbonyl (C=O) groups excluding carboxylic acids is 1. The molecule has 0 fully saturated rings. The summed E-state index contributed by atoms with van der Waals surface area (Å²) >= 11 is 0. The molecule has 7 heteroatoms. The number of rotatable bonds is 7. The molecule has 0 aliphatic rings. The molecular formula is C20H21N5O2. The van der Waals surface area contributed by atoms with Crippen LogP contribution in [-0.2, 0) is 6.42 Å². The van der Waals surface area contributed by atoms with Crippen LogP contribution in [0.4, 0.5) is 0 Å². The van der Waals surface area contributed by atoms with Crippen molar-refractivity contribution in [2.75, 3.05) is 13.1 Å². The fraction of sp³-hybridized carbons (Fsp3) is 0.200. The van der Waals surface area contributed by atoms with Crippen molar-refractivity contribution in [3.8, 4) is 5.82 Å². The number of nitrogens with zero attached hydrogens (tertiary/aromatic N) is 4. The van der Waals surface area contributed by atoms with Crippen LogP contribution in [0.1, 0.15) is 21.6 Å². The van der Waals surface area contributed by atoms with Crippen molar-refractivity contribution in [3.05, 3.63) is 88.5 Å². The van der Waals surface area contributed by atoms with E-state index in [0.29, 0.717) is 30.2 Å². The van der Waals surface area contributed by atoms with E-state index >= 15 is 0 Å². The second kappa shape index (κ2) is 8.27. The molecule has 0 atom stereocenters. The van der Waals surface area contributed by atoms with Crippen LogP contribution in [0, 0.1) is 6.92 Å². The molecule has 0 radical (unpaired) electrons. The fourth-order valence-corrected chi connectivity index (χ4v) is 2.82. The summed E-state index contributed by atoms with van der Waals surface area (Å²) in [4.78, 5) is 26.0.